The lowest BCUT2D eigenvalue weighted by Crippen LogP contribution is -2.21. The number of anilines is 1. The van der Waals surface area contributed by atoms with Gasteiger partial charge in [0.1, 0.15) is 11.8 Å². The maximum Gasteiger partial charge on any atom is 0.165 e. The summed E-state index contributed by atoms with van der Waals surface area (Å²) in [5.74, 6) is -0.0233. The highest BCUT2D eigenvalue weighted by molar-refractivity contribution is 5.48. The van der Waals surface area contributed by atoms with Crippen LogP contribution in [0.4, 0.5) is 10.1 Å². The van der Waals surface area contributed by atoms with Crippen LogP contribution in [0.2, 0.25) is 0 Å². The molecule has 0 bridgehead atoms. The summed E-state index contributed by atoms with van der Waals surface area (Å²) in [6.45, 7) is 0.468. The second-order valence-corrected chi connectivity index (χ2v) is 4.54. The van der Waals surface area contributed by atoms with Crippen LogP contribution in [-0.4, -0.2) is 11.6 Å². The molecular formula is C15H12FN3O. The minimum Gasteiger partial charge on any atom is -0.490 e. The van der Waals surface area contributed by atoms with E-state index < -0.39 is 0 Å². The van der Waals surface area contributed by atoms with Crippen molar-refractivity contribution in [2.24, 2.45) is 0 Å². The van der Waals surface area contributed by atoms with Crippen molar-refractivity contribution in [3.05, 3.63) is 53.6 Å². The third-order valence-corrected chi connectivity index (χ3v) is 3.24. The summed E-state index contributed by atoms with van der Waals surface area (Å²) in [6, 6.07) is 10.3. The molecule has 1 aliphatic heterocycles. The first-order valence-electron chi connectivity index (χ1n) is 6.32. The summed E-state index contributed by atoms with van der Waals surface area (Å²) < 4.78 is 19.1. The molecular weight excluding hydrogens is 257 g/mol. The molecule has 0 amide bonds. The van der Waals surface area contributed by atoms with Gasteiger partial charge >= 0.3 is 0 Å². The summed E-state index contributed by atoms with van der Waals surface area (Å²) in [7, 11) is 0. The highest BCUT2D eigenvalue weighted by atomic mass is 19.1. The Morgan fingerprint density at radius 2 is 2.25 bits per heavy atom. The maximum absolute atomic E-state index is 13.7. The number of pyridine rings is 1. The summed E-state index contributed by atoms with van der Waals surface area (Å²) in [6.07, 6.45) is 2.35. The van der Waals surface area contributed by atoms with Crippen molar-refractivity contribution in [1.29, 1.82) is 5.26 Å². The molecule has 100 valence electrons. The Morgan fingerprint density at radius 3 is 3.00 bits per heavy atom. The van der Waals surface area contributed by atoms with E-state index >= 15 is 0 Å². The van der Waals surface area contributed by atoms with Crippen molar-refractivity contribution < 1.29 is 9.13 Å². The number of para-hydroxylation sites is 1. The van der Waals surface area contributed by atoms with Crippen LogP contribution in [0.1, 0.15) is 23.7 Å². The predicted molar refractivity (Wildman–Crippen MR) is 71.8 cm³/mol. The molecule has 20 heavy (non-hydrogen) atoms. The van der Waals surface area contributed by atoms with Gasteiger partial charge in [0.2, 0.25) is 0 Å². The van der Waals surface area contributed by atoms with E-state index in [1.54, 1.807) is 24.4 Å². The number of nitriles is 1. The fourth-order valence-electron chi connectivity index (χ4n) is 2.28. The molecule has 0 saturated carbocycles. The van der Waals surface area contributed by atoms with Crippen LogP contribution in [0.15, 0.2) is 36.5 Å². The first-order valence-corrected chi connectivity index (χ1v) is 6.32. The van der Waals surface area contributed by atoms with Gasteiger partial charge < -0.3 is 10.1 Å². The third-order valence-electron chi connectivity index (χ3n) is 3.24. The lowest BCUT2D eigenvalue weighted by molar-refractivity contribution is 0.260. The first kappa shape index (κ1) is 12.4. The van der Waals surface area contributed by atoms with Gasteiger partial charge in [-0.1, -0.05) is 12.1 Å². The number of halogens is 1. The molecule has 1 atom stereocenters. The van der Waals surface area contributed by atoms with E-state index in [2.05, 4.69) is 10.3 Å². The summed E-state index contributed by atoms with van der Waals surface area (Å²) in [4.78, 5) is 4.01. The average Bonchev–Trinajstić information content (AvgIpc) is 2.49. The Kier molecular flexibility index (Phi) is 3.21. The van der Waals surface area contributed by atoms with Crippen LogP contribution in [0.25, 0.3) is 0 Å². The Bertz CT molecular complexity index is 664. The van der Waals surface area contributed by atoms with Crippen molar-refractivity contribution in [3.8, 4) is 11.8 Å². The summed E-state index contributed by atoms with van der Waals surface area (Å²) in [5.41, 5.74) is 1.97. The number of hydrogen-bond acceptors (Lipinski definition) is 4. The van der Waals surface area contributed by atoms with Crippen LogP contribution in [0, 0.1) is 17.1 Å². The summed E-state index contributed by atoms with van der Waals surface area (Å²) in [5, 5.41) is 12.0. The van der Waals surface area contributed by atoms with Gasteiger partial charge in [-0.15, -0.1) is 0 Å². The van der Waals surface area contributed by atoms with E-state index in [9.17, 15) is 4.39 Å². The smallest absolute Gasteiger partial charge is 0.165 e. The molecule has 0 saturated heterocycles. The normalized spacial score (nSPS) is 16.7. The third kappa shape index (κ3) is 2.28. The molecule has 1 N–H and O–H groups in total. The second-order valence-electron chi connectivity index (χ2n) is 4.54. The van der Waals surface area contributed by atoms with E-state index in [0.717, 1.165) is 17.7 Å². The Hall–Kier alpha value is -2.61. The fraction of sp³-hybridized carbons (Fsp3) is 0.200. The molecule has 1 aromatic heterocycles. The van der Waals surface area contributed by atoms with Gasteiger partial charge in [0.05, 0.1) is 24.5 Å². The van der Waals surface area contributed by atoms with Gasteiger partial charge in [-0.2, -0.15) is 5.26 Å². The number of fused-ring (bicyclic) bond motifs is 1. The average molecular weight is 269 g/mol. The van der Waals surface area contributed by atoms with Crippen LogP contribution in [-0.2, 0) is 0 Å². The first-order chi connectivity index (χ1) is 9.78. The van der Waals surface area contributed by atoms with E-state index in [1.807, 2.05) is 12.1 Å². The monoisotopic (exact) mass is 269 g/mol. The zero-order valence-corrected chi connectivity index (χ0v) is 10.6. The minimum atomic E-state index is -0.341. The molecule has 1 aliphatic rings. The van der Waals surface area contributed by atoms with E-state index in [4.69, 9.17) is 10.00 Å². The van der Waals surface area contributed by atoms with Gasteiger partial charge in [0.25, 0.3) is 0 Å². The number of hydrogen-bond donors (Lipinski definition) is 1. The molecule has 2 aromatic rings. The lowest BCUT2D eigenvalue weighted by Gasteiger charge is -2.27. The van der Waals surface area contributed by atoms with Crippen molar-refractivity contribution in [2.45, 2.75) is 12.5 Å². The molecule has 2 heterocycles. The Labute approximate surface area is 115 Å². The van der Waals surface area contributed by atoms with E-state index in [0.29, 0.717) is 18.1 Å². The lowest BCUT2D eigenvalue weighted by atomic mass is 10.00. The largest absolute Gasteiger partial charge is 0.490 e. The van der Waals surface area contributed by atoms with Crippen molar-refractivity contribution in [1.82, 2.24) is 4.98 Å². The van der Waals surface area contributed by atoms with Crippen molar-refractivity contribution in [2.75, 3.05) is 11.9 Å². The van der Waals surface area contributed by atoms with Crippen LogP contribution in [0.5, 0.6) is 5.75 Å². The number of benzene rings is 1. The van der Waals surface area contributed by atoms with Crippen molar-refractivity contribution >= 4 is 5.69 Å². The maximum atomic E-state index is 13.7. The standard InChI is InChI=1S/C15H12FN3O/c16-13-3-1-2-12-14(6-7-20-15(12)13)19-11-5-4-10(8-17)18-9-11/h1-5,9,14,19H,6-7H2/t14-/m0/s1. The van der Waals surface area contributed by atoms with Gasteiger partial charge in [-0.05, 0) is 18.2 Å². The molecule has 1 aromatic carbocycles. The van der Waals surface area contributed by atoms with Gasteiger partial charge in [-0.25, -0.2) is 9.37 Å². The molecule has 3 rings (SSSR count). The zero-order valence-electron chi connectivity index (χ0n) is 10.6. The zero-order chi connectivity index (χ0) is 13.9. The SMILES string of the molecule is N#Cc1ccc(N[C@H]2CCOc3c(F)cccc32)cn1. The Balaban J connectivity index is 1.86. The molecule has 0 fully saturated rings. The number of ether oxygens (including phenoxy) is 1. The highest BCUT2D eigenvalue weighted by Crippen LogP contribution is 2.35. The molecule has 0 spiro atoms. The van der Waals surface area contributed by atoms with Crippen LogP contribution >= 0.6 is 0 Å². The van der Waals surface area contributed by atoms with Gasteiger partial charge in [0, 0.05) is 12.0 Å². The second kappa shape index (κ2) is 5.17. The minimum absolute atomic E-state index is 0.0239. The van der Waals surface area contributed by atoms with Gasteiger partial charge in [0.15, 0.2) is 11.6 Å². The number of rotatable bonds is 2. The molecule has 0 unspecified atom stereocenters. The van der Waals surface area contributed by atoms with E-state index in [1.165, 1.54) is 6.07 Å². The predicted octanol–water partition coefficient (Wildman–Crippen LogP) is 3.03. The number of nitrogens with one attached hydrogen (secondary N) is 1. The van der Waals surface area contributed by atoms with Crippen LogP contribution in [0.3, 0.4) is 0 Å². The van der Waals surface area contributed by atoms with Crippen LogP contribution < -0.4 is 10.1 Å². The number of nitrogens with zero attached hydrogens (tertiary/aromatic N) is 2. The molecule has 0 aliphatic carbocycles. The summed E-state index contributed by atoms with van der Waals surface area (Å²) >= 11 is 0. The van der Waals surface area contributed by atoms with Crippen molar-refractivity contribution in [3.63, 3.8) is 0 Å². The van der Waals surface area contributed by atoms with Gasteiger partial charge in [-0.3, -0.25) is 0 Å². The quantitative estimate of drug-likeness (QED) is 0.910. The number of aromatic nitrogens is 1. The topological polar surface area (TPSA) is 57.9 Å². The fourth-order valence-corrected chi connectivity index (χ4v) is 2.28. The Morgan fingerprint density at radius 1 is 1.35 bits per heavy atom. The molecule has 4 nitrogen and oxygen atoms in total. The highest BCUT2D eigenvalue weighted by Gasteiger charge is 2.23. The molecule has 5 heteroatoms. The van der Waals surface area contributed by atoms with E-state index in [-0.39, 0.29) is 11.9 Å². The molecule has 0 radical (unpaired) electrons.